The van der Waals surface area contributed by atoms with Gasteiger partial charge >= 0.3 is 6.03 Å². The lowest BCUT2D eigenvalue weighted by Crippen LogP contribution is -2.53. The third kappa shape index (κ3) is 4.12. The fourth-order valence-electron chi connectivity index (χ4n) is 3.34. The van der Waals surface area contributed by atoms with E-state index >= 15 is 0 Å². The maximum Gasteiger partial charge on any atom is 0.317 e. The lowest BCUT2D eigenvalue weighted by molar-refractivity contribution is 0.187. The van der Waals surface area contributed by atoms with Crippen LogP contribution < -0.4 is 10.2 Å². The van der Waals surface area contributed by atoms with Gasteiger partial charge in [0, 0.05) is 43.8 Å². The molecule has 1 aliphatic carbocycles. The predicted octanol–water partition coefficient (Wildman–Crippen LogP) is 3.09. The van der Waals surface area contributed by atoms with Crippen molar-refractivity contribution in [2.24, 2.45) is 0 Å². The standard InChI is InChI=1S/C16H26N4OS/c21-15(18-14-6-4-2-1-3-5-7-14)19-9-11-20(12-10-19)16-17-8-13-22-16/h8,13-14H,1-7,9-12H2,(H,18,21). The van der Waals surface area contributed by atoms with Gasteiger partial charge in [0.1, 0.15) is 0 Å². The molecule has 22 heavy (non-hydrogen) atoms. The Morgan fingerprint density at radius 2 is 1.77 bits per heavy atom. The van der Waals surface area contributed by atoms with Gasteiger partial charge in [-0.25, -0.2) is 9.78 Å². The first kappa shape index (κ1) is 15.6. The summed E-state index contributed by atoms with van der Waals surface area (Å²) in [5.74, 6) is 0. The van der Waals surface area contributed by atoms with Crippen LogP contribution in [-0.4, -0.2) is 48.1 Å². The molecule has 6 heteroatoms. The van der Waals surface area contributed by atoms with Crippen molar-refractivity contribution in [3.05, 3.63) is 11.6 Å². The summed E-state index contributed by atoms with van der Waals surface area (Å²) in [6, 6.07) is 0.508. The molecule has 1 aromatic rings. The molecule has 2 amide bonds. The average molecular weight is 322 g/mol. The predicted molar refractivity (Wildman–Crippen MR) is 90.5 cm³/mol. The van der Waals surface area contributed by atoms with Crippen LogP contribution in [0.3, 0.4) is 0 Å². The molecular formula is C16H26N4OS. The minimum Gasteiger partial charge on any atom is -0.345 e. The summed E-state index contributed by atoms with van der Waals surface area (Å²) in [4.78, 5) is 21.0. The van der Waals surface area contributed by atoms with Crippen LogP contribution in [0.5, 0.6) is 0 Å². The molecule has 0 spiro atoms. The van der Waals surface area contributed by atoms with Gasteiger partial charge in [0.15, 0.2) is 5.13 Å². The van der Waals surface area contributed by atoms with Crippen molar-refractivity contribution in [1.29, 1.82) is 0 Å². The first-order chi connectivity index (χ1) is 10.8. The number of rotatable bonds is 2. The number of nitrogens with zero attached hydrogens (tertiary/aromatic N) is 3. The van der Waals surface area contributed by atoms with Crippen LogP contribution in [0.4, 0.5) is 9.93 Å². The molecule has 0 atom stereocenters. The number of carbonyl (C=O) groups is 1. The van der Waals surface area contributed by atoms with Gasteiger partial charge in [-0.2, -0.15) is 0 Å². The first-order valence-electron chi connectivity index (χ1n) is 8.53. The maximum absolute atomic E-state index is 12.4. The lowest BCUT2D eigenvalue weighted by Gasteiger charge is -2.35. The van der Waals surface area contributed by atoms with E-state index < -0.39 is 0 Å². The topological polar surface area (TPSA) is 48.5 Å². The number of aromatic nitrogens is 1. The number of hydrogen-bond donors (Lipinski definition) is 1. The summed E-state index contributed by atoms with van der Waals surface area (Å²) in [6.45, 7) is 3.34. The minimum atomic E-state index is 0.129. The van der Waals surface area contributed by atoms with Gasteiger partial charge in [0.25, 0.3) is 0 Å². The number of amides is 2. The molecule has 2 heterocycles. The molecule has 1 saturated heterocycles. The zero-order chi connectivity index (χ0) is 15.2. The summed E-state index contributed by atoms with van der Waals surface area (Å²) in [5, 5.41) is 6.33. The van der Waals surface area contributed by atoms with Crippen molar-refractivity contribution in [3.63, 3.8) is 0 Å². The Labute approximate surface area is 136 Å². The molecule has 2 aliphatic rings. The molecule has 1 aliphatic heterocycles. The number of anilines is 1. The number of nitrogens with one attached hydrogen (secondary N) is 1. The zero-order valence-electron chi connectivity index (χ0n) is 13.2. The number of thiazole rings is 1. The highest BCUT2D eigenvalue weighted by Gasteiger charge is 2.24. The fraction of sp³-hybridized carbons (Fsp3) is 0.750. The summed E-state index contributed by atoms with van der Waals surface area (Å²) in [7, 11) is 0. The monoisotopic (exact) mass is 322 g/mol. The van der Waals surface area contributed by atoms with Crippen LogP contribution >= 0.6 is 11.3 Å². The second-order valence-electron chi connectivity index (χ2n) is 6.28. The highest BCUT2D eigenvalue weighted by molar-refractivity contribution is 7.13. The van der Waals surface area contributed by atoms with E-state index in [2.05, 4.69) is 15.2 Å². The van der Waals surface area contributed by atoms with Crippen LogP contribution in [0.1, 0.15) is 44.9 Å². The molecule has 1 saturated carbocycles. The van der Waals surface area contributed by atoms with Gasteiger partial charge in [0.2, 0.25) is 0 Å². The van der Waals surface area contributed by atoms with Gasteiger partial charge in [0.05, 0.1) is 0 Å². The molecule has 3 rings (SSSR count). The number of urea groups is 1. The highest BCUT2D eigenvalue weighted by Crippen LogP contribution is 2.20. The highest BCUT2D eigenvalue weighted by atomic mass is 32.1. The Balaban J connectivity index is 1.45. The molecule has 0 radical (unpaired) electrons. The van der Waals surface area contributed by atoms with E-state index in [0.717, 1.165) is 44.2 Å². The van der Waals surface area contributed by atoms with E-state index in [1.165, 1.54) is 32.1 Å². The molecule has 0 bridgehead atoms. The van der Waals surface area contributed by atoms with E-state index in [1.54, 1.807) is 11.3 Å². The van der Waals surface area contributed by atoms with E-state index in [4.69, 9.17) is 0 Å². The van der Waals surface area contributed by atoms with Crippen molar-refractivity contribution in [1.82, 2.24) is 15.2 Å². The van der Waals surface area contributed by atoms with Gasteiger partial charge in [-0.15, -0.1) is 11.3 Å². The van der Waals surface area contributed by atoms with Crippen molar-refractivity contribution < 1.29 is 4.79 Å². The Bertz CT molecular complexity index is 449. The lowest BCUT2D eigenvalue weighted by atomic mass is 9.97. The molecule has 1 N–H and O–H groups in total. The maximum atomic E-state index is 12.4. The van der Waals surface area contributed by atoms with Gasteiger partial charge in [-0.05, 0) is 12.8 Å². The molecule has 5 nitrogen and oxygen atoms in total. The smallest absolute Gasteiger partial charge is 0.317 e. The quantitative estimate of drug-likeness (QED) is 0.910. The Hall–Kier alpha value is -1.30. The number of piperazine rings is 1. The Kier molecular flexibility index (Phi) is 5.53. The van der Waals surface area contributed by atoms with Crippen molar-refractivity contribution in [2.45, 2.75) is 51.0 Å². The second-order valence-corrected chi connectivity index (χ2v) is 7.15. The molecular weight excluding hydrogens is 296 g/mol. The van der Waals surface area contributed by atoms with Gasteiger partial charge in [-0.3, -0.25) is 0 Å². The third-order valence-corrected chi connectivity index (χ3v) is 5.52. The van der Waals surface area contributed by atoms with E-state index in [0.29, 0.717) is 6.04 Å². The molecule has 0 unspecified atom stereocenters. The summed E-state index contributed by atoms with van der Waals surface area (Å²) < 4.78 is 0. The SMILES string of the molecule is O=C(NC1CCCCCCC1)N1CCN(c2nccs2)CC1. The third-order valence-electron chi connectivity index (χ3n) is 4.69. The van der Waals surface area contributed by atoms with Crippen molar-refractivity contribution in [3.8, 4) is 0 Å². The van der Waals surface area contributed by atoms with E-state index in [1.807, 2.05) is 16.5 Å². The van der Waals surface area contributed by atoms with Gasteiger partial charge < -0.3 is 15.1 Å². The van der Waals surface area contributed by atoms with Crippen LogP contribution in [0.25, 0.3) is 0 Å². The first-order valence-corrected chi connectivity index (χ1v) is 9.41. The fourth-order valence-corrected chi connectivity index (χ4v) is 4.04. The largest absolute Gasteiger partial charge is 0.345 e. The van der Waals surface area contributed by atoms with Crippen LogP contribution in [0, 0.1) is 0 Å². The van der Waals surface area contributed by atoms with Crippen LogP contribution in [0.15, 0.2) is 11.6 Å². The number of hydrogen-bond acceptors (Lipinski definition) is 4. The number of carbonyl (C=O) groups excluding carboxylic acids is 1. The molecule has 1 aromatic heterocycles. The Morgan fingerprint density at radius 1 is 1.09 bits per heavy atom. The second kappa shape index (κ2) is 7.81. The zero-order valence-corrected chi connectivity index (χ0v) is 14.0. The summed E-state index contributed by atoms with van der Waals surface area (Å²) in [6.07, 6.45) is 10.6. The summed E-state index contributed by atoms with van der Waals surface area (Å²) >= 11 is 1.67. The molecule has 2 fully saturated rings. The van der Waals surface area contributed by atoms with Crippen molar-refractivity contribution >= 4 is 22.5 Å². The average Bonchev–Trinajstić information content (AvgIpc) is 3.04. The minimum absolute atomic E-state index is 0.129. The van der Waals surface area contributed by atoms with Gasteiger partial charge in [-0.1, -0.05) is 32.1 Å². The molecule has 0 aromatic carbocycles. The van der Waals surface area contributed by atoms with Crippen LogP contribution in [0.2, 0.25) is 0 Å². The molecule has 122 valence electrons. The normalized spacial score (nSPS) is 21.3. The summed E-state index contributed by atoms with van der Waals surface area (Å²) in [5.41, 5.74) is 0. The Morgan fingerprint density at radius 3 is 2.41 bits per heavy atom. The van der Waals surface area contributed by atoms with Crippen molar-refractivity contribution in [2.75, 3.05) is 31.1 Å². The van der Waals surface area contributed by atoms with E-state index in [-0.39, 0.29) is 6.03 Å². The van der Waals surface area contributed by atoms with Crippen LogP contribution in [-0.2, 0) is 0 Å². The van der Waals surface area contributed by atoms with E-state index in [9.17, 15) is 4.79 Å².